The van der Waals surface area contributed by atoms with Gasteiger partial charge in [-0.05, 0) is 24.3 Å². The molecule has 0 bridgehead atoms. The second-order valence-electron chi connectivity index (χ2n) is 4.27. The van der Waals surface area contributed by atoms with E-state index < -0.39 is 16.5 Å². The average molecular weight is 414 g/mol. The topological polar surface area (TPSA) is 59.0 Å². The van der Waals surface area contributed by atoms with Crippen LogP contribution in [0.5, 0.6) is 5.75 Å². The normalized spacial score (nSPS) is 11.3. The molecule has 2 N–H and O–H groups in total. The number of nitrogens with two attached hydrogens (primary N) is 1. The first-order valence-corrected chi connectivity index (χ1v) is 10.3. The van der Waals surface area contributed by atoms with Gasteiger partial charge in [0.2, 0.25) is 0 Å². The fraction of sp³-hybridized carbons (Fsp3) is 0.278. The minimum absolute atomic E-state index is 0.583. The summed E-state index contributed by atoms with van der Waals surface area (Å²) in [5, 5.41) is 8.05. The lowest BCUT2D eigenvalue weighted by Crippen LogP contribution is -1.99. The monoisotopic (exact) mass is 414 g/mol. The second kappa shape index (κ2) is 12.8. The molecule has 156 valence electrons. The molecule has 0 aliphatic rings. The Morgan fingerprint density at radius 2 is 1.07 bits per heavy atom. The van der Waals surface area contributed by atoms with E-state index in [4.69, 9.17) is 11.0 Å². The van der Waals surface area contributed by atoms with Crippen molar-refractivity contribution in [3.63, 3.8) is 0 Å². The predicted molar refractivity (Wildman–Crippen MR) is 105 cm³/mol. The molecule has 0 heterocycles. The van der Waals surface area contributed by atoms with Gasteiger partial charge in [-0.2, -0.15) is 0 Å². The van der Waals surface area contributed by atoms with E-state index in [1.54, 1.807) is 18.4 Å². The number of benzene rings is 2. The standard InChI is InChI=1S/C7H5NO.C6H7N.2C2H6.CH3F5S/c8-6-9-7-4-2-1-3-5-7;7-6-4-2-1-3-5-6;2*1-2;1-7(2,3,4,5)6/h1-5H;1-5H,7H2;2*1-2H3;1H3. The largest absolute Gasteiger partial charge is 0.399 e. The maximum atomic E-state index is 10.5. The fourth-order valence-electron chi connectivity index (χ4n) is 0.994. The first-order chi connectivity index (χ1) is 12.3. The lowest BCUT2D eigenvalue weighted by Gasteiger charge is -2.35. The van der Waals surface area contributed by atoms with E-state index in [1.165, 1.54) is 0 Å². The van der Waals surface area contributed by atoms with Gasteiger partial charge in [0.15, 0.2) is 0 Å². The van der Waals surface area contributed by atoms with Crippen molar-refractivity contribution in [3.8, 4) is 12.0 Å². The summed E-state index contributed by atoms with van der Waals surface area (Å²) in [4.78, 5) is 0. The zero-order valence-corrected chi connectivity index (χ0v) is 16.8. The van der Waals surface area contributed by atoms with Crippen molar-refractivity contribution >= 4 is 15.9 Å². The summed E-state index contributed by atoms with van der Waals surface area (Å²) >= 11 is 0. The van der Waals surface area contributed by atoms with Crippen molar-refractivity contribution in [2.24, 2.45) is 0 Å². The molecule has 0 saturated heterocycles. The maximum Gasteiger partial charge on any atom is 0.292 e. The Bertz CT molecular complexity index is 616. The molecule has 0 aliphatic carbocycles. The minimum Gasteiger partial charge on any atom is -0.399 e. The van der Waals surface area contributed by atoms with Gasteiger partial charge in [-0.1, -0.05) is 83.5 Å². The average Bonchev–Trinajstić information content (AvgIpc) is 2.58. The van der Waals surface area contributed by atoms with Gasteiger partial charge in [0.1, 0.15) is 5.75 Å². The molecule has 0 fully saturated rings. The van der Waals surface area contributed by atoms with E-state index in [9.17, 15) is 19.4 Å². The van der Waals surface area contributed by atoms with Crippen molar-refractivity contribution < 1.29 is 24.2 Å². The van der Waals surface area contributed by atoms with E-state index in [0.717, 1.165) is 5.69 Å². The van der Waals surface area contributed by atoms with Crippen molar-refractivity contribution in [1.82, 2.24) is 0 Å². The van der Waals surface area contributed by atoms with E-state index >= 15 is 0 Å². The molecule has 0 unspecified atom stereocenters. The first-order valence-electron chi connectivity index (χ1n) is 7.92. The van der Waals surface area contributed by atoms with Crippen molar-refractivity contribution in [2.45, 2.75) is 27.7 Å². The van der Waals surface area contributed by atoms with Gasteiger partial charge in [0.05, 0.1) is 6.26 Å². The van der Waals surface area contributed by atoms with Crippen molar-refractivity contribution in [2.75, 3.05) is 12.0 Å². The third kappa shape index (κ3) is 39.9. The van der Waals surface area contributed by atoms with Crippen LogP contribution < -0.4 is 10.5 Å². The third-order valence-electron chi connectivity index (χ3n) is 1.71. The second-order valence-corrected chi connectivity index (χ2v) is 6.98. The molecular weight excluding hydrogens is 387 g/mol. The Balaban J connectivity index is -0.000000295. The van der Waals surface area contributed by atoms with Gasteiger partial charge in [-0.15, -0.1) is 5.26 Å². The summed E-state index contributed by atoms with van der Waals surface area (Å²) in [6, 6.07) is 18.4. The van der Waals surface area contributed by atoms with Crippen LogP contribution in [0.1, 0.15) is 27.7 Å². The number of hydrogen-bond donors (Lipinski definition) is 1. The molecule has 0 radical (unpaired) electrons. The van der Waals surface area contributed by atoms with Gasteiger partial charge in [-0.3, -0.25) is 0 Å². The maximum absolute atomic E-state index is 10.5. The van der Waals surface area contributed by atoms with Gasteiger partial charge in [-0.25, -0.2) is 0 Å². The molecule has 2 rings (SSSR count). The van der Waals surface area contributed by atoms with Crippen LogP contribution in [0.2, 0.25) is 0 Å². The van der Waals surface area contributed by atoms with Crippen LogP contribution in [0.4, 0.5) is 25.1 Å². The highest BCUT2D eigenvalue weighted by molar-refractivity contribution is 8.45. The smallest absolute Gasteiger partial charge is 0.292 e. The lowest BCUT2D eigenvalue weighted by molar-refractivity contribution is 0.377. The van der Waals surface area contributed by atoms with Crippen LogP contribution >= 0.6 is 10.2 Å². The lowest BCUT2D eigenvalue weighted by atomic mass is 10.3. The molecule has 0 amide bonds. The summed E-state index contributed by atoms with van der Waals surface area (Å²) in [6.45, 7) is 8.00. The number of nitriles is 1. The molecule has 0 aromatic heterocycles. The van der Waals surface area contributed by atoms with Gasteiger partial charge < -0.3 is 10.5 Å². The quantitative estimate of drug-likeness (QED) is 0.294. The Morgan fingerprint density at radius 1 is 0.778 bits per heavy atom. The van der Waals surface area contributed by atoms with Crippen LogP contribution in [-0.4, -0.2) is 6.26 Å². The minimum atomic E-state index is -8.97. The highest BCUT2D eigenvalue weighted by Gasteiger charge is 2.57. The molecule has 9 heteroatoms. The summed E-state index contributed by atoms with van der Waals surface area (Å²) in [7, 11) is -8.97. The van der Waals surface area contributed by atoms with E-state index in [0.29, 0.717) is 5.75 Å². The van der Waals surface area contributed by atoms with E-state index in [1.807, 2.05) is 76.2 Å². The Kier molecular flexibility index (Phi) is 13.9. The molecule has 0 atom stereocenters. The van der Waals surface area contributed by atoms with E-state index in [-0.39, 0.29) is 0 Å². The SMILES string of the molecule is CC.CC.CS(F)(F)(F)(F)F.N#COc1ccccc1.Nc1ccccc1. The number of ether oxygens (including phenoxy) is 1. The van der Waals surface area contributed by atoms with Crippen LogP contribution in [-0.2, 0) is 0 Å². The Labute approximate surface area is 158 Å². The Hall–Kier alpha value is -2.47. The van der Waals surface area contributed by atoms with Gasteiger partial charge >= 0.3 is 0 Å². The number of hydrogen-bond acceptors (Lipinski definition) is 3. The number of nitrogen functional groups attached to an aromatic ring is 1. The Morgan fingerprint density at radius 3 is 1.30 bits per heavy atom. The zero-order valence-electron chi connectivity index (χ0n) is 16.0. The van der Waals surface area contributed by atoms with Crippen LogP contribution in [0.3, 0.4) is 0 Å². The number of para-hydroxylation sites is 2. The molecule has 0 spiro atoms. The number of nitrogens with zero attached hydrogens (tertiary/aromatic N) is 1. The number of rotatable bonds is 1. The highest BCUT2D eigenvalue weighted by atomic mass is 32.5. The summed E-state index contributed by atoms with van der Waals surface area (Å²) in [5.41, 5.74) is 6.18. The zero-order chi connectivity index (χ0) is 22.0. The first kappa shape index (κ1) is 29.3. The van der Waals surface area contributed by atoms with Crippen molar-refractivity contribution in [1.29, 1.82) is 5.26 Å². The number of anilines is 1. The third-order valence-corrected chi connectivity index (χ3v) is 1.71. The molecular formula is C18H27F5N2OS. The molecule has 2 aromatic carbocycles. The van der Waals surface area contributed by atoms with Crippen LogP contribution in [0.15, 0.2) is 60.7 Å². The van der Waals surface area contributed by atoms with Crippen LogP contribution in [0, 0.1) is 11.5 Å². The number of halogens is 5. The van der Waals surface area contributed by atoms with Gasteiger partial charge in [0, 0.05) is 5.69 Å². The summed E-state index contributed by atoms with van der Waals surface area (Å²) in [5.74, 6) is 0.583. The molecule has 0 aliphatic heterocycles. The van der Waals surface area contributed by atoms with E-state index in [2.05, 4.69) is 4.74 Å². The molecule has 27 heavy (non-hydrogen) atoms. The van der Waals surface area contributed by atoms with Crippen molar-refractivity contribution in [3.05, 3.63) is 60.7 Å². The highest BCUT2D eigenvalue weighted by Crippen LogP contribution is 2.95. The molecule has 3 nitrogen and oxygen atoms in total. The summed E-state index contributed by atoms with van der Waals surface area (Å²) in [6.07, 6.45) is 0.598. The van der Waals surface area contributed by atoms with Crippen LogP contribution in [0.25, 0.3) is 0 Å². The van der Waals surface area contributed by atoms with Gasteiger partial charge in [0.25, 0.3) is 16.5 Å². The summed E-state index contributed by atoms with van der Waals surface area (Å²) < 4.78 is 57.1. The fourth-order valence-corrected chi connectivity index (χ4v) is 0.994. The molecule has 2 aromatic rings. The predicted octanol–water partition coefficient (Wildman–Crippen LogP) is 7.78. The molecule has 0 saturated carbocycles.